The van der Waals surface area contributed by atoms with E-state index in [0.717, 1.165) is 12.0 Å². The van der Waals surface area contributed by atoms with Crippen LogP contribution in [0.3, 0.4) is 0 Å². The molecule has 0 heterocycles. The van der Waals surface area contributed by atoms with Gasteiger partial charge in [-0.25, -0.2) is 4.79 Å². The SMILES string of the molecule is CCOC(=O)C=Cc1cccc(CCN)c1. The summed E-state index contributed by atoms with van der Waals surface area (Å²) in [4.78, 5) is 11.1. The third-order valence-electron chi connectivity index (χ3n) is 2.08. The molecule has 0 aromatic heterocycles. The van der Waals surface area contributed by atoms with E-state index in [0.29, 0.717) is 13.2 Å². The summed E-state index contributed by atoms with van der Waals surface area (Å²) >= 11 is 0. The average Bonchev–Trinajstić information content (AvgIpc) is 2.28. The van der Waals surface area contributed by atoms with Crippen molar-refractivity contribution < 1.29 is 9.53 Å². The maximum Gasteiger partial charge on any atom is 0.330 e. The van der Waals surface area contributed by atoms with Crippen molar-refractivity contribution in [3.05, 3.63) is 41.5 Å². The standard InChI is InChI=1S/C13H17NO2/c1-2-16-13(15)7-6-11-4-3-5-12(10-11)8-9-14/h3-7,10H,2,8-9,14H2,1H3. The lowest BCUT2D eigenvalue weighted by Crippen LogP contribution is -2.02. The molecule has 3 heteroatoms. The molecule has 0 fully saturated rings. The first-order valence-electron chi connectivity index (χ1n) is 5.40. The Kier molecular flexibility index (Phi) is 5.29. The third-order valence-corrected chi connectivity index (χ3v) is 2.08. The van der Waals surface area contributed by atoms with Crippen molar-refractivity contribution in [1.29, 1.82) is 0 Å². The fraction of sp³-hybridized carbons (Fsp3) is 0.308. The molecule has 0 saturated heterocycles. The van der Waals surface area contributed by atoms with Crippen LogP contribution in [0.15, 0.2) is 30.3 Å². The molecule has 0 radical (unpaired) electrons. The minimum absolute atomic E-state index is 0.313. The lowest BCUT2D eigenvalue weighted by Gasteiger charge is -2.00. The predicted octanol–water partition coefficient (Wildman–Crippen LogP) is 1.76. The zero-order valence-electron chi connectivity index (χ0n) is 9.48. The predicted molar refractivity (Wildman–Crippen MR) is 64.9 cm³/mol. The Hall–Kier alpha value is -1.61. The van der Waals surface area contributed by atoms with Crippen LogP contribution in [0.1, 0.15) is 18.1 Å². The van der Waals surface area contributed by atoms with E-state index < -0.39 is 0 Å². The Morgan fingerprint density at radius 3 is 3.00 bits per heavy atom. The topological polar surface area (TPSA) is 52.3 Å². The molecular formula is C13H17NO2. The second kappa shape index (κ2) is 6.80. The van der Waals surface area contributed by atoms with E-state index in [2.05, 4.69) is 0 Å². The second-order valence-corrected chi connectivity index (χ2v) is 3.37. The van der Waals surface area contributed by atoms with Crippen LogP contribution >= 0.6 is 0 Å². The molecular weight excluding hydrogens is 202 g/mol. The minimum atomic E-state index is -0.313. The molecule has 1 aromatic carbocycles. The first-order chi connectivity index (χ1) is 7.76. The van der Waals surface area contributed by atoms with E-state index in [1.165, 1.54) is 11.6 Å². The van der Waals surface area contributed by atoms with Crippen LogP contribution in [0, 0.1) is 0 Å². The summed E-state index contributed by atoms with van der Waals surface area (Å²) in [5, 5.41) is 0. The molecule has 0 aliphatic rings. The van der Waals surface area contributed by atoms with E-state index in [-0.39, 0.29) is 5.97 Å². The van der Waals surface area contributed by atoms with Crippen LogP contribution < -0.4 is 5.73 Å². The summed E-state index contributed by atoms with van der Waals surface area (Å²) in [5.74, 6) is -0.313. The van der Waals surface area contributed by atoms with Gasteiger partial charge in [-0.15, -0.1) is 0 Å². The molecule has 1 aromatic rings. The first-order valence-corrected chi connectivity index (χ1v) is 5.40. The maximum atomic E-state index is 11.1. The van der Waals surface area contributed by atoms with Gasteiger partial charge >= 0.3 is 5.97 Å². The van der Waals surface area contributed by atoms with E-state index in [1.807, 2.05) is 24.3 Å². The highest BCUT2D eigenvalue weighted by atomic mass is 16.5. The van der Waals surface area contributed by atoms with E-state index in [1.54, 1.807) is 13.0 Å². The van der Waals surface area contributed by atoms with Gasteiger partial charge in [-0.3, -0.25) is 0 Å². The number of carbonyl (C=O) groups excluding carboxylic acids is 1. The average molecular weight is 219 g/mol. The Balaban J connectivity index is 2.66. The van der Waals surface area contributed by atoms with Crippen LogP contribution in [0.2, 0.25) is 0 Å². The smallest absolute Gasteiger partial charge is 0.330 e. The lowest BCUT2D eigenvalue weighted by atomic mass is 10.1. The summed E-state index contributed by atoms with van der Waals surface area (Å²) < 4.78 is 4.80. The van der Waals surface area contributed by atoms with Crippen molar-refractivity contribution in [2.75, 3.05) is 13.2 Å². The van der Waals surface area contributed by atoms with Gasteiger partial charge in [0.25, 0.3) is 0 Å². The van der Waals surface area contributed by atoms with Crippen molar-refractivity contribution >= 4 is 12.0 Å². The van der Waals surface area contributed by atoms with Crippen molar-refractivity contribution in [2.45, 2.75) is 13.3 Å². The van der Waals surface area contributed by atoms with Crippen LogP contribution in [0.4, 0.5) is 0 Å². The van der Waals surface area contributed by atoms with Gasteiger partial charge in [0, 0.05) is 6.08 Å². The van der Waals surface area contributed by atoms with Gasteiger partial charge in [0.15, 0.2) is 0 Å². The van der Waals surface area contributed by atoms with Crippen molar-refractivity contribution in [2.24, 2.45) is 5.73 Å². The van der Waals surface area contributed by atoms with Crippen molar-refractivity contribution in [1.82, 2.24) is 0 Å². The molecule has 0 bridgehead atoms. The quantitative estimate of drug-likeness (QED) is 0.606. The van der Waals surface area contributed by atoms with Crippen LogP contribution in [-0.2, 0) is 16.0 Å². The summed E-state index contributed by atoms with van der Waals surface area (Å²) in [6.45, 7) is 2.81. The Labute approximate surface area is 95.9 Å². The Morgan fingerprint density at radius 1 is 1.50 bits per heavy atom. The maximum absolute atomic E-state index is 11.1. The number of hydrogen-bond acceptors (Lipinski definition) is 3. The van der Waals surface area contributed by atoms with Gasteiger partial charge in [-0.05, 0) is 37.1 Å². The van der Waals surface area contributed by atoms with Gasteiger partial charge in [-0.1, -0.05) is 24.3 Å². The number of nitrogens with two attached hydrogens (primary N) is 1. The van der Waals surface area contributed by atoms with Crippen LogP contribution in [0.25, 0.3) is 6.08 Å². The first kappa shape index (κ1) is 12.5. The molecule has 0 amide bonds. The molecule has 1 rings (SSSR count). The molecule has 16 heavy (non-hydrogen) atoms. The van der Waals surface area contributed by atoms with Gasteiger partial charge in [0.05, 0.1) is 6.61 Å². The summed E-state index contributed by atoms with van der Waals surface area (Å²) in [6, 6.07) is 7.93. The Bertz CT molecular complexity index is 372. The molecule has 0 saturated carbocycles. The lowest BCUT2D eigenvalue weighted by molar-refractivity contribution is -0.137. The minimum Gasteiger partial charge on any atom is -0.463 e. The molecule has 0 spiro atoms. The zero-order chi connectivity index (χ0) is 11.8. The van der Waals surface area contributed by atoms with E-state index >= 15 is 0 Å². The summed E-state index contributed by atoms with van der Waals surface area (Å²) in [6.07, 6.45) is 4.03. The normalized spacial score (nSPS) is 10.6. The highest BCUT2D eigenvalue weighted by Gasteiger charge is 1.95. The molecule has 0 unspecified atom stereocenters. The van der Waals surface area contributed by atoms with E-state index in [4.69, 9.17) is 10.5 Å². The highest BCUT2D eigenvalue weighted by Crippen LogP contribution is 2.07. The van der Waals surface area contributed by atoms with Crippen LogP contribution in [0.5, 0.6) is 0 Å². The largest absolute Gasteiger partial charge is 0.463 e. The molecule has 86 valence electrons. The molecule has 0 aliphatic carbocycles. The third kappa shape index (κ3) is 4.28. The molecule has 0 atom stereocenters. The number of rotatable bonds is 5. The molecule has 0 aliphatic heterocycles. The van der Waals surface area contributed by atoms with Gasteiger partial charge < -0.3 is 10.5 Å². The molecule has 2 N–H and O–H groups in total. The van der Waals surface area contributed by atoms with Crippen LogP contribution in [-0.4, -0.2) is 19.1 Å². The number of esters is 1. The molecule has 3 nitrogen and oxygen atoms in total. The summed E-state index contributed by atoms with van der Waals surface area (Å²) in [7, 11) is 0. The number of hydrogen-bond donors (Lipinski definition) is 1. The second-order valence-electron chi connectivity index (χ2n) is 3.37. The van der Waals surface area contributed by atoms with Gasteiger partial charge in [0.2, 0.25) is 0 Å². The number of ether oxygens (including phenoxy) is 1. The highest BCUT2D eigenvalue weighted by molar-refractivity contribution is 5.87. The fourth-order valence-corrected chi connectivity index (χ4v) is 1.37. The van der Waals surface area contributed by atoms with E-state index in [9.17, 15) is 4.79 Å². The monoisotopic (exact) mass is 219 g/mol. The summed E-state index contributed by atoms with van der Waals surface area (Å²) in [5.41, 5.74) is 7.64. The van der Waals surface area contributed by atoms with Gasteiger partial charge in [0.1, 0.15) is 0 Å². The Morgan fingerprint density at radius 2 is 2.31 bits per heavy atom. The van der Waals surface area contributed by atoms with Crippen molar-refractivity contribution in [3.63, 3.8) is 0 Å². The number of carbonyl (C=O) groups is 1. The fourth-order valence-electron chi connectivity index (χ4n) is 1.37. The van der Waals surface area contributed by atoms with Gasteiger partial charge in [-0.2, -0.15) is 0 Å². The number of benzene rings is 1. The van der Waals surface area contributed by atoms with Crippen molar-refractivity contribution in [3.8, 4) is 0 Å². The zero-order valence-corrected chi connectivity index (χ0v) is 9.48.